The van der Waals surface area contributed by atoms with E-state index in [1.54, 1.807) is 6.92 Å². The predicted octanol–water partition coefficient (Wildman–Crippen LogP) is 1.94. The zero-order valence-electron chi connectivity index (χ0n) is 10.5. The lowest BCUT2D eigenvalue weighted by atomic mass is 10.1. The minimum atomic E-state index is -3.11. The molecule has 2 aliphatic heterocycles. The molecular weight excluding hydrogens is 286 g/mol. The Hall–Kier alpha value is -1.12. The number of benzene rings is 1. The van der Waals surface area contributed by atoms with E-state index >= 15 is 0 Å². The molecule has 1 atom stereocenters. The molecular formula is C11H12AlO6P. The molecule has 8 heteroatoms. The topological polar surface area (TPSA) is 78.9 Å². The standard InChI is InChI=1S/C8H6O4.C3H9O2P.Al/c9-7(10)5-1-2-6(4-3-5)8(11)12;1-3-6(2,4)5;/h1-4H,(H,9,10)(H,11,12);3H2,1-2H3,(H,4,5);/q;;+3/p-3. The molecule has 0 spiro atoms. The molecule has 2 bridgehead atoms. The summed E-state index contributed by atoms with van der Waals surface area (Å²) in [6.45, 7) is 3.10. The van der Waals surface area contributed by atoms with Crippen LogP contribution in [0.25, 0.3) is 0 Å². The average Bonchev–Trinajstić information content (AvgIpc) is 2.45. The fourth-order valence-corrected chi connectivity index (χ4v) is 4.44. The molecule has 0 N–H and O–H groups in total. The Morgan fingerprint density at radius 1 is 1.11 bits per heavy atom. The fraction of sp³-hybridized carbons (Fsp3) is 0.273. The van der Waals surface area contributed by atoms with Crippen LogP contribution in [0.15, 0.2) is 24.3 Å². The summed E-state index contributed by atoms with van der Waals surface area (Å²) in [5, 5.41) is 0. The van der Waals surface area contributed by atoms with Gasteiger partial charge in [0, 0.05) is 12.8 Å². The summed E-state index contributed by atoms with van der Waals surface area (Å²) in [6, 6.07) is 5.89. The average molecular weight is 298 g/mol. The summed E-state index contributed by atoms with van der Waals surface area (Å²) in [7, 11) is -2.91. The van der Waals surface area contributed by atoms with Crippen LogP contribution in [0.2, 0.25) is 0 Å². The Morgan fingerprint density at radius 3 is 1.89 bits per heavy atom. The molecule has 19 heavy (non-hydrogen) atoms. The molecule has 0 saturated heterocycles. The fourth-order valence-electron chi connectivity index (χ4n) is 1.38. The van der Waals surface area contributed by atoms with Crippen molar-refractivity contribution < 1.29 is 25.3 Å². The van der Waals surface area contributed by atoms with E-state index in [2.05, 4.69) is 0 Å². The Balaban J connectivity index is 2.26. The van der Waals surface area contributed by atoms with Crippen molar-refractivity contribution in [3.8, 4) is 0 Å². The minimum Gasteiger partial charge on any atom is -0.558 e. The molecule has 0 aromatic heterocycles. The van der Waals surface area contributed by atoms with Crippen LogP contribution in [0, 0.1) is 0 Å². The number of fused-ring (bicyclic) bond motifs is 6. The third-order valence-corrected chi connectivity index (χ3v) is 7.08. The van der Waals surface area contributed by atoms with E-state index in [9.17, 15) is 14.2 Å². The monoisotopic (exact) mass is 298 g/mol. The van der Waals surface area contributed by atoms with Gasteiger partial charge in [-0.05, 0) is 24.3 Å². The molecule has 6 nitrogen and oxygen atoms in total. The lowest BCUT2D eigenvalue weighted by Crippen LogP contribution is -2.31. The predicted molar refractivity (Wildman–Crippen MR) is 68.2 cm³/mol. The number of rotatable bonds is 3. The number of hydrogen-bond donors (Lipinski definition) is 0. The Bertz CT molecular complexity index is 518. The highest BCUT2D eigenvalue weighted by molar-refractivity contribution is 7.59. The van der Waals surface area contributed by atoms with E-state index in [4.69, 9.17) is 11.2 Å². The summed E-state index contributed by atoms with van der Waals surface area (Å²) in [5.74, 6) is -1.29. The molecule has 0 amide bonds. The van der Waals surface area contributed by atoms with Crippen LogP contribution in [-0.4, -0.2) is 39.9 Å². The zero-order valence-corrected chi connectivity index (χ0v) is 12.5. The molecule has 100 valence electrons. The molecule has 2 heterocycles. The Labute approximate surface area is 115 Å². The Kier molecular flexibility index (Phi) is 4.12. The van der Waals surface area contributed by atoms with Gasteiger partial charge in [-0.1, -0.05) is 6.92 Å². The zero-order chi connectivity index (χ0) is 14.0. The third-order valence-electron chi connectivity index (χ3n) is 2.65. The van der Waals surface area contributed by atoms with Gasteiger partial charge >= 0.3 is 27.1 Å². The van der Waals surface area contributed by atoms with Gasteiger partial charge in [0.1, 0.15) is 0 Å². The van der Waals surface area contributed by atoms with Crippen LogP contribution in [0.3, 0.4) is 0 Å². The van der Waals surface area contributed by atoms with E-state index in [0.717, 1.165) is 0 Å². The minimum absolute atomic E-state index is 0.273. The van der Waals surface area contributed by atoms with Crippen molar-refractivity contribution in [1.29, 1.82) is 0 Å². The molecule has 0 saturated carbocycles. The van der Waals surface area contributed by atoms with Gasteiger partial charge in [-0.15, -0.1) is 0 Å². The number of carbonyl (C=O) groups is 2. The smallest absolute Gasteiger partial charge is 0.558 e. The first kappa shape index (κ1) is 14.3. The largest absolute Gasteiger partial charge is 1.11 e. The summed E-state index contributed by atoms with van der Waals surface area (Å²) < 4.78 is 27.2. The van der Waals surface area contributed by atoms with Crippen LogP contribution in [-0.2, 0) is 15.7 Å². The second-order valence-corrected chi connectivity index (χ2v) is 8.67. The van der Waals surface area contributed by atoms with Crippen LogP contribution in [0.1, 0.15) is 27.6 Å². The van der Waals surface area contributed by atoms with Gasteiger partial charge in [-0.2, -0.15) is 0 Å². The van der Waals surface area contributed by atoms with Gasteiger partial charge in [-0.3, -0.25) is 4.57 Å². The summed E-state index contributed by atoms with van der Waals surface area (Å²) in [4.78, 5) is 23.5. The molecule has 1 aromatic carbocycles. The SMILES string of the molecule is CCP(C)(=O)[O][Al]1[O]C(=O)c2ccc(cc2)C(=O)[O]1. The van der Waals surface area contributed by atoms with Crippen LogP contribution < -0.4 is 0 Å². The maximum atomic E-state index is 11.9. The second-order valence-electron chi connectivity index (χ2n) is 4.11. The van der Waals surface area contributed by atoms with E-state index in [1.165, 1.54) is 30.9 Å². The van der Waals surface area contributed by atoms with Crippen molar-refractivity contribution in [2.75, 3.05) is 12.8 Å². The van der Waals surface area contributed by atoms with Crippen molar-refractivity contribution >= 4 is 34.5 Å². The lowest BCUT2D eigenvalue weighted by molar-refractivity contribution is 0.0538. The maximum absolute atomic E-state index is 11.9. The normalized spacial score (nSPS) is 17.9. The quantitative estimate of drug-likeness (QED) is 0.627. The second kappa shape index (κ2) is 5.48. The summed E-state index contributed by atoms with van der Waals surface area (Å²) >= 11 is -3.11. The van der Waals surface area contributed by atoms with E-state index in [1.807, 2.05) is 0 Å². The molecule has 0 aliphatic carbocycles. The molecule has 0 radical (unpaired) electrons. The Morgan fingerprint density at radius 2 is 1.53 bits per heavy atom. The van der Waals surface area contributed by atoms with E-state index in [0.29, 0.717) is 11.1 Å². The lowest BCUT2D eigenvalue weighted by Gasteiger charge is -2.16. The molecule has 1 unspecified atom stereocenters. The first-order valence-corrected chi connectivity index (χ1v) is 9.35. The molecule has 0 fully saturated rings. The number of hydrogen-bond acceptors (Lipinski definition) is 6. The first-order chi connectivity index (χ1) is 8.91. The van der Waals surface area contributed by atoms with E-state index < -0.39 is 34.5 Å². The maximum Gasteiger partial charge on any atom is 1.11 e. The van der Waals surface area contributed by atoms with Crippen molar-refractivity contribution in [2.24, 2.45) is 0 Å². The van der Waals surface area contributed by atoms with Gasteiger partial charge in [0.2, 0.25) is 0 Å². The third kappa shape index (κ3) is 3.46. The molecule has 2 aliphatic rings. The van der Waals surface area contributed by atoms with E-state index in [-0.39, 0.29) is 6.16 Å². The van der Waals surface area contributed by atoms with Crippen molar-refractivity contribution in [1.82, 2.24) is 0 Å². The molecule has 3 rings (SSSR count). The van der Waals surface area contributed by atoms with Gasteiger partial charge < -0.3 is 11.2 Å². The summed E-state index contributed by atoms with van der Waals surface area (Å²) in [5.41, 5.74) is 0.594. The van der Waals surface area contributed by atoms with Gasteiger partial charge in [0.05, 0.1) is 11.1 Å². The van der Waals surface area contributed by atoms with Crippen molar-refractivity contribution in [3.63, 3.8) is 0 Å². The van der Waals surface area contributed by atoms with Crippen LogP contribution in [0.5, 0.6) is 0 Å². The first-order valence-electron chi connectivity index (χ1n) is 5.68. The number of carbonyl (C=O) groups excluding carboxylic acids is 2. The van der Waals surface area contributed by atoms with Gasteiger partial charge in [0.25, 0.3) is 0 Å². The van der Waals surface area contributed by atoms with Gasteiger partial charge in [0.15, 0.2) is 7.37 Å². The van der Waals surface area contributed by atoms with Crippen LogP contribution in [0.4, 0.5) is 0 Å². The van der Waals surface area contributed by atoms with Crippen molar-refractivity contribution in [2.45, 2.75) is 6.92 Å². The van der Waals surface area contributed by atoms with Crippen LogP contribution >= 0.6 is 7.37 Å². The highest BCUT2D eigenvalue weighted by Gasteiger charge is 2.48. The highest BCUT2D eigenvalue weighted by atomic mass is 31.2. The summed E-state index contributed by atoms with van der Waals surface area (Å²) in [6.07, 6.45) is 0.273. The van der Waals surface area contributed by atoms with Crippen molar-refractivity contribution in [3.05, 3.63) is 35.4 Å². The van der Waals surface area contributed by atoms with Gasteiger partial charge in [-0.25, -0.2) is 9.59 Å². The molecule has 1 aromatic rings. The highest BCUT2D eigenvalue weighted by Crippen LogP contribution is 2.42.